The van der Waals surface area contributed by atoms with E-state index in [0.29, 0.717) is 18.5 Å². The van der Waals surface area contributed by atoms with Gasteiger partial charge >= 0.3 is 6.03 Å². The minimum Gasteiger partial charge on any atom is -0.394 e. The molecule has 0 saturated carbocycles. The summed E-state index contributed by atoms with van der Waals surface area (Å²) in [5, 5.41) is 15.1. The van der Waals surface area contributed by atoms with E-state index in [4.69, 9.17) is 0 Å². The van der Waals surface area contributed by atoms with E-state index in [2.05, 4.69) is 20.5 Å². The summed E-state index contributed by atoms with van der Waals surface area (Å²) in [5.74, 6) is 0.954. The van der Waals surface area contributed by atoms with Crippen molar-refractivity contribution in [1.29, 1.82) is 0 Å². The molecule has 0 spiro atoms. The Balaban J connectivity index is 1.93. The van der Waals surface area contributed by atoms with E-state index < -0.39 is 5.54 Å². The fourth-order valence-corrected chi connectivity index (χ4v) is 2.69. The molecule has 2 amide bonds. The Morgan fingerprint density at radius 3 is 2.50 bits per heavy atom. The molecular weight excluding hydrogens is 280 g/mol. The van der Waals surface area contributed by atoms with Crippen LogP contribution in [0.4, 0.5) is 16.3 Å². The normalized spacial score (nSPS) is 15.0. The number of nitrogens with one attached hydrogen (secondary N) is 2. The Morgan fingerprint density at radius 1 is 1.32 bits per heavy atom. The van der Waals surface area contributed by atoms with Gasteiger partial charge in [-0.2, -0.15) is 0 Å². The Morgan fingerprint density at radius 2 is 2.00 bits per heavy atom. The van der Waals surface area contributed by atoms with Crippen LogP contribution in [0.1, 0.15) is 39.5 Å². The minimum atomic E-state index is -0.562. The average molecular weight is 306 g/mol. The van der Waals surface area contributed by atoms with Gasteiger partial charge < -0.3 is 20.6 Å². The highest BCUT2D eigenvalue weighted by molar-refractivity contribution is 5.89. The molecular formula is C16H26N4O2. The minimum absolute atomic E-state index is 0.0699. The third-order valence-corrected chi connectivity index (χ3v) is 4.47. The average Bonchev–Trinajstić information content (AvgIpc) is 3.08. The molecule has 22 heavy (non-hydrogen) atoms. The van der Waals surface area contributed by atoms with Crippen molar-refractivity contribution in [3.8, 4) is 0 Å². The van der Waals surface area contributed by atoms with Gasteiger partial charge in [0.2, 0.25) is 0 Å². The predicted molar refractivity (Wildman–Crippen MR) is 88.2 cm³/mol. The maximum Gasteiger partial charge on any atom is 0.319 e. The van der Waals surface area contributed by atoms with E-state index >= 15 is 0 Å². The number of aliphatic hydroxyl groups is 1. The molecule has 1 aromatic heterocycles. The lowest BCUT2D eigenvalue weighted by atomic mass is 9.94. The highest BCUT2D eigenvalue weighted by Crippen LogP contribution is 2.19. The summed E-state index contributed by atoms with van der Waals surface area (Å²) >= 11 is 0. The second kappa shape index (κ2) is 7.45. The summed E-state index contributed by atoms with van der Waals surface area (Å²) in [6.07, 6.45) is 5.45. The molecule has 0 radical (unpaired) electrons. The summed E-state index contributed by atoms with van der Waals surface area (Å²) in [6, 6.07) is 3.48. The number of nitrogens with zero attached hydrogens (tertiary/aromatic N) is 2. The van der Waals surface area contributed by atoms with Gasteiger partial charge in [-0.3, -0.25) is 0 Å². The fraction of sp³-hybridized carbons (Fsp3) is 0.625. The second-order valence-electron chi connectivity index (χ2n) is 5.82. The van der Waals surface area contributed by atoms with Crippen LogP contribution in [0.25, 0.3) is 0 Å². The van der Waals surface area contributed by atoms with Crippen LogP contribution in [0.5, 0.6) is 0 Å². The number of hydrogen-bond donors (Lipinski definition) is 3. The molecule has 0 atom stereocenters. The molecule has 1 fully saturated rings. The molecule has 1 aliphatic heterocycles. The zero-order chi connectivity index (χ0) is 16.0. The van der Waals surface area contributed by atoms with Gasteiger partial charge in [0.25, 0.3) is 0 Å². The standard InChI is InChI=1S/C16H26N4O2/c1-3-16(4-2,12-21)19-15(22)18-13-7-8-14(17-11-13)20-9-5-6-10-20/h7-8,11,21H,3-6,9-10,12H2,1-2H3,(H2,18,19,22). The smallest absolute Gasteiger partial charge is 0.319 e. The Hall–Kier alpha value is -1.82. The summed E-state index contributed by atoms with van der Waals surface area (Å²) in [4.78, 5) is 18.7. The zero-order valence-corrected chi connectivity index (χ0v) is 13.4. The fourth-order valence-electron chi connectivity index (χ4n) is 2.69. The van der Waals surface area contributed by atoms with Gasteiger partial charge in [0, 0.05) is 13.1 Å². The number of anilines is 2. The van der Waals surface area contributed by atoms with Crippen molar-refractivity contribution in [1.82, 2.24) is 10.3 Å². The first-order chi connectivity index (χ1) is 10.6. The SMILES string of the molecule is CCC(CC)(CO)NC(=O)Nc1ccc(N2CCCC2)nc1. The molecule has 0 aromatic carbocycles. The molecule has 0 unspecified atom stereocenters. The Bertz CT molecular complexity index is 471. The van der Waals surface area contributed by atoms with Crippen LogP contribution in [0.3, 0.4) is 0 Å². The summed E-state index contributed by atoms with van der Waals surface area (Å²) < 4.78 is 0. The molecule has 1 aromatic rings. The van der Waals surface area contributed by atoms with Crippen molar-refractivity contribution in [2.24, 2.45) is 0 Å². The highest BCUT2D eigenvalue weighted by Gasteiger charge is 2.27. The Kier molecular flexibility index (Phi) is 5.60. The zero-order valence-electron chi connectivity index (χ0n) is 13.4. The van der Waals surface area contributed by atoms with Crippen LogP contribution in [0.2, 0.25) is 0 Å². The molecule has 0 bridgehead atoms. The first-order valence-electron chi connectivity index (χ1n) is 8.03. The number of aromatic nitrogens is 1. The molecule has 2 heterocycles. The van der Waals surface area contributed by atoms with E-state index in [9.17, 15) is 9.90 Å². The van der Waals surface area contributed by atoms with Crippen molar-refractivity contribution in [2.45, 2.75) is 45.1 Å². The van der Waals surface area contributed by atoms with Crippen LogP contribution in [-0.2, 0) is 0 Å². The molecule has 6 heteroatoms. The summed E-state index contributed by atoms with van der Waals surface area (Å²) in [5.41, 5.74) is 0.0898. The molecule has 6 nitrogen and oxygen atoms in total. The number of hydrogen-bond acceptors (Lipinski definition) is 4. The van der Waals surface area contributed by atoms with Crippen molar-refractivity contribution < 1.29 is 9.90 Å². The van der Waals surface area contributed by atoms with Gasteiger partial charge in [-0.1, -0.05) is 13.8 Å². The number of carbonyl (C=O) groups is 1. The number of aliphatic hydroxyl groups excluding tert-OH is 1. The first-order valence-corrected chi connectivity index (χ1v) is 8.03. The Labute approximate surface area is 131 Å². The monoisotopic (exact) mass is 306 g/mol. The first kappa shape index (κ1) is 16.5. The van der Waals surface area contributed by atoms with E-state index in [0.717, 1.165) is 18.9 Å². The van der Waals surface area contributed by atoms with Gasteiger partial charge in [0.15, 0.2) is 0 Å². The van der Waals surface area contributed by atoms with E-state index in [1.165, 1.54) is 12.8 Å². The van der Waals surface area contributed by atoms with Crippen molar-refractivity contribution in [3.05, 3.63) is 18.3 Å². The molecule has 122 valence electrons. The number of pyridine rings is 1. The third-order valence-electron chi connectivity index (χ3n) is 4.47. The van der Waals surface area contributed by atoms with Crippen molar-refractivity contribution in [2.75, 3.05) is 29.9 Å². The van der Waals surface area contributed by atoms with Gasteiger partial charge in [0.05, 0.1) is 24.0 Å². The largest absolute Gasteiger partial charge is 0.394 e. The van der Waals surface area contributed by atoms with Gasteiger partial charge in [0.1, 0.15) is 5.82 Å². The molecule has 0 aliphatic carbocycles. The molecule has 1 saturated heterocycles. The van der Waals surface area contributed by atoms with Crippen molar-refractivity contribution in [3.63, 3.8) is 0 Å². The third kappa shape index (κ3) is 3.88. The van der Waals surface area contributed by atoms with Crippen molar-refractivity contribution >= 4 is 17.5 Å². The summed E-state index contributed by atoms with van der Waals surface area (Å²) in [7, 11) is 0. The van der Waals surface area contributed by atoms with E-state index in [1.54, 1.807) is 6.20 Å². The van der Waals surface area contributed by atoms with Gasteiger partial charge in [-0.05, 0) is 37.8 Å². The predicted octanol–water partition coefficient (Wildman–Crippen LogP) is 2.35. The van der Waals surface area contributed by atoms with Crippen LogP contribution in [0.15, 0.2) is 18.3 Å². The second-order valence-corrected chi connectivity index (χ2v) is 5.82. The van der Waals surface area contributed by atoms with E-state index in [-0.39, 0.29) is 12.6 Å². The van der Waals surface area contributed by atoms with Crippen LogP contribution < -0.4 is 15.5 Å². The number of amides is 2. The van der Waals surface area contributed by atoms with Crippen LogP contribution in [0, 0.1) is 0 Å². The molecule has 3 N–H and O–H groups in total. The lowest BCUT2D eigenvalue weighted by Crippen LogP contribution is -2.52. The van der Waals surface area contributed by atoms with Gasteiger partial charge in [-0.25, -0.2) is 9.78 Å². The highest BCUT2D eigenvalue weighted by atomic mass is 16.3. The lowest BCUT2D eigenvalue weighted by Gasteiger charge is -2.30. The van der Waals surface area contributed by atoms with Crippen LogP contribution in [-0.4, -0.2) is 41.4 Å². The van der Waals surface area contributed by atoms with Gasteiger partial charge in [-0.15, -0.1) is 0 Å². The number of rotatable bonds is 6. The van der Waals surface area contributed by atoms with Crippen LogP contribution >= 0.6 is 0 Å². The quantitative estimate of drug-likeness (QED) is 0.754. The summed E-state index contributed by atoms with van der Waals surface area (Å²) in [6.45, 7) is 5.93. The molecule has 2 rings (SSSR count). The molecule has 1 aliphatic rings. The number of urea groups is 1. The maximum absolute atomic E-state index is 12.1. The lowest BCUT2D eigenvalue weighted by molar-refractivity contribution is 0.155. The van der Waals surface area contributed by atoms with E-state index in [1.807, 2.05) is 26.0 Å². The number of carbonyl (C=O) groups excluding carboxylic acids is 1. The maximum atomic E-state index is 12.1. The topological polar surface area (TPSA) is 77.5 Å².